The summed E-state index contributed by atoms with van der Waals surface area (Å²) in [6, 6.07) is 4.78. The second kappa shape index (κ2) is 6.13. The van der Waals surface area contributed by atoms with Gasteiger partial charge in [-0.2, -0.15) is 13.2 Å². The van der Waals surface area contributed by atoms with E-state index < -0.39 is 23.6 Å². The van der Waals surface area contributed by atoms with Crippen LogP contribution < -0.4 is 11.1 Å². The van der Waals surface area contributed by atoms with E-state index in [9.17, 15) is 18.0 Å². The van der Waals surface area contributed by atoms with Gasteiger partial charge < -0.3 is 4.90 Å². The van der Waals surface area contributed by atoms with Crippen molar-refractivity contribution in [3.63, 3.8) is 0 Å². The molecule has 1 saturated heterocycles. The van der Waals surface area contributed by atoms with Crippen molar-refractivity contribution in [3.8, 4) is 0 Å². The predicted octanol–water partition coefficient (Wildman–Crippen LogP) is 2.68. The number of carbonyl (C=O) groups excluding carboxylic acids is 1. The summed E-state index contributed by atoms with van der Waals surface area (Å²) in [5, 5.41) is 3.09. The molecule has 2 unspecified atom stereocenters. The van der Waals surface area contributed by atoms with Crippen LogP contribution in [-0.4, -0.2) is 22.6 Å². The standard InChI is InChI=1S/C16H22F3N3O/c1-10(2)8-15(3)13(23)22(14(20)21-15)9-11-4-6-12(7-5-11)16(17,18)19/h4-7,10,14,21H,8-9,20H2,1-3H3. The molecule has 1 aromatic carbocycles. The lowest BCUT2D eigenvalue weighted by molar-refractivity contribution is -0.137. The third-order valence-electron chi connectivity index (χ3n) is 3.99. The summed E-state index contributed by atoms with van der Waals surface area (Å²) in [7, 11) is 0. The Hall–Kier alpha value is -1.60. The first kappa shape index (κ1) is 17.7. The quantitative estimate of drug-likeness (QED) is 0.893. The van der Waals surface area contributed by atoms with Crippen LogP contribution in [0.25, 0.3) is 0 Å². The molecular formula is C16H22F3N3O. The Bertz CT molecular complexity index is 571. The molecule has 1 aliphatic heterocycles. The van der Waals surface area contributed by atoms with E-state index in [1.165, 1.54) is 17.0 Å². The molecule has 1 aliphatic rings. The maximum Gasteiger partial charge on any atom is 0.416 e. The van der Waals surface area contributed by atoms with Crippen LogP contribution >= 0.6 is 0 Å². The van der Waals surface area contributed by atoms with E-state index in [-0.39, 0.29) is 12.5 Å². The summed E-state index contributed by atoms with van der Waals surface area (Å²) in [5.41, 5.74) is 5.15. The Kier molecular flexibility index (Phi) is 4.73. The number of hydrogen-bond donors (Lipinski definition) is 2. The van der Waals surface area contributed by atoms with Crippen molar-refractivity contribution in [2.45, 2.75) is 51.7 Å². The lowest BCUT2D eigenvalue weighted by Gasteiger charge is -2.24. The topological polar surface area (TPSA) is 58.4 Å². The van der Waals surface area contributed by atoms with Gasteiger partial charge in [-0.15, -0.1) is 0 Å². The number of halogens is 3. The zero-order chi connectivity index (χ0) is 17.4. The van der Waals surface area contributed by atoms with Crippen LogP contribution in [-0.2, 0) is 17.5 Å². The van der Waals surface area contributed by atoms with E-state index in [0.29, 0.717) is 17.9 Å². The van der Waals surface area contributed by atoms with Gasteiger partial charge in [0.15, 0.2) is 0 Å². The molecule has 0 saturated carbocycles. The Balaban J connectivity index is 2.12. The third-order valence-corrected chi connectivity index (χ3v) is 3.99. The molecule has 7 heteroatoms. The molecule has 2 rings (SSSR count). The lowest BCUT2D eigenvalue weighted by Crippen LogP contribution is -2.48. The van der Waals surface area contributed by atoms with Gasteiger partial charge in [0, 0.05) is 6.54 Å². The third kappa shape index (κ3) is 3.84. The van der Waals surface area contributed by atoms with Crippen LogP contribution in [0.2, 0.25) is 0 Å². The fourth-order valence-corrected chi connectivity index (χ4v) is 3.04. The van der Waals surface area contributed by atoms with Gasteiger partial charge in [0.1, 0.15) is 6.29 Å². The SMILES string of the molecule is CC(C)CC1(C)NC(N)N(Cc2ccc(C(F)(F)F)cc2)C1=O. The van der Waals surface area contributed by atoms with Gasteiger partial charge >= 0.3 is 6.18 Å². The largest absolute Gasteiger partial charge is 0.416 e. The molecule has 0 aromatic heterocycles. The highest BCUT2D eigenvalue weighted by atomic mass is 19.4. The van der Waals surface area contributed by atoms with Gasteiger partial charge in [-0.3, -0.25) is 15.8 Å². The van der Waals surface area contributed by atoms with Crippen molar-refractivity contribution in [2.75, 3.05) is 0 Å². The second-order valence-corrected chi connectivity index (χ2v) is 6.65. The number of hydrogen-bond acceptors (Lipinski definition) is 3. The monoisotopic (exact) mass is 329 g/mol. The number of nitrogens with one attached hydrogen (secondary N) is 1. The van der Waals surface area contributed by atoms with Crippen molar-refractivity contribution >= 4 is 5.91 Å². The predicted molar refractivity (Wildman–Crippen MR) is 81.0 cm³/mol. The van der Waals surface area contributed by atoms with E-state index >= 15 is 0 Å². The zero-order valence-electron chi connectivity index (χ0n) is 13.4. The molecule has 23 heavy (non-hydrogen) atoms. The number of amides is 1. The number of nitrogens with zero attached hydrogens (tertiary/aromatic N) is 1. The Labute approximate surface area is 133 Å². The van der Waals surface area contributed by atoms with Gasteiger partial charge in [0.2, 0.25) is 5.91 Å². The normalized spacial score (nSPS) is 25.5. The van der Waals surface area contributed by atoms with Crippen LogP contribution in [0.5, 0.6) is 0 Å². The smallest absolute Gasteiger partial charge is 0.308 e. The van der Waals surface area contributed by atoms with Crippen molar-refractivity contribution in [2.24, 2.45) is 11.7 Å². The van der Waals surface area contributed by atoms with Crippen molar-refractivity contribution in [1.29, 1.82) is 0 Å². The minimum Gasteiger partial charge on any atom is -0.308 e. The van der Waals surface area contributed by atoms with Gasteiger partial charge in [0.05, 0.1) is 11.1 Å². The molecular weight excluding hydrogens is 307 g/mol. The number of carbonyl (C=O) groups is 1. The van der Waals surface area contributed by atoms with Crippen molar-refractivity contribution < 1.29 is 18.0 Å². The van der Waals surface area contributed by atoms with Crippen LogP contribution in [0.3, 0.4) is 0 Å². The minimum atomic E-state index is -4.37. The van der Waals surface area contributed by atoms with Gasteiger partial charge in [-0.05, 0) is 37.0 Å². The van der Waals surface area contributed by atoms with Gasteiger partial charge in [-0.1, -0.05) is 26.0 Å². The fraction of sp³-hybridized carbons (Fsp3) is 0.562. The lowest BCUT2D eigenvalue weighted by atomic mass is 9.91. The number of rotatable bonds is 4. The molecule has 3 N–H and O–H groups in total. The first-order chi connectivity index (χ1) is 10.5. The Morgan fingerprint density at radius 3 is 2.35 bits per heavy atom. The summed E-state index contributed by atoms with van der Waals surface area (Å²) in [6.45, 7) is 6.02. The van der Waals surface area contributed by atoms with E-state index in [0.717, 1.165) is 12.1 Å². The highest BCUT2D eigenvalue weighted by molar-refractivity contribution is 5.88. The molecule has 128 valence electrons. The van der Waals surface area contributed by atoms with Crippen LogP contribution in [0.4, 0.5) is 13.2 Å². The average Bonchev–Trinajstić information content (AvgIpc) is 2.61. The van der Waals surface area contributed by atoms with Gasteiger partial charge in [-0.25, -0.2) is 0 Å². The van der Waals surface area contributed by atoms with Crippen molar-refractivity contribution in [3.05, 3.63) is 35.4 Å². The van der Waals surface area contributed by atoms with Gasteiger partial charge in [0.25, 0.3) is 0 Å². The van der Waals surface area contributed by atoms with Crippen molar-refractivity contribution in [1.82, 2.24) is 10.2 Å². The number of benzene rings is 1. The van der Waals surface area contributed by atoms with Crippen LogP contribution in [0.1, 0.15) is 38.3 Å². The zero-order valence-corrected chi connectivity index (χ0v) is 13.4. The summed E-state index contributed by atoms with van der Waals surface area (Å²) in [5.74, 6) is 0.188. The maximum atomic E-state index is 12.6. The highest BCUT2D eigenvalue weighted by Crippen LogP contribution is 2.30. The molecule has 4 nitrogen and oxygen atoms in total. The minimum absolute atomic E-state index is 0.126. The summed E-state index contributed by atoms with van der Waals surface area (Å²) < 4.78 is 37.7. The molecule has 0 spiro atoms. The van der Waals surface area contributed by atoms with E-state index in [1.807, 2.05) is 20.8 Å². The summed E-state index contributed by atoms with van der Waals surface area (Å²) in [4.78, 5) is 14.1. The molecule has 0 radical (unpaired) electrons. The maximum absolute atomic E-state index is 12.6. The van der Waals surface area contributed by atoms with Crippen LogP contribution in [0.15, 0.2) is 24.3 Å². The van der Waals surface area contributed by atoms with Crippen LogP contribution in [0, 0.1) is 5.92 Å². The first-order valence-electron chi connectivity index (χ1n) is 7.53. The molecule has 2 atom stereocenters. The number of alkyl halides is 3. The Morgan fingerprint density at radius 2 is 1.87 bits per heavy atom. The first-order valence-corrected chi connectivity index (χ1v) is 7.53. The van der Waals surface area contributed by atoms with E-state index in [1.54, 1.807) is 0 Å². The van der Waals surface area contributed by atoms with E-state index in [2.05, 4.69) is 5.32 Å². The average molecular weight is 329 g/mol. The molecule has 1 aromatic rings. The summed E-state index contributed by atoms with van der Waals surface area (Å²) in [6.07, 6.45) is -4.37. The molecule has 1 heterocycles. The highest BCUT2D eigenvalue weighted by Gasteiger charge is 2.46. The fourth-order valence-electron chi connectivity index (χ4n) is 3.04. The molecule has 0 aliphatic carbocycles. The number of nitrogens with two attached hydrogens (primary N) is 1. The Morgan fingerprint density at radius 1 is 1.30 bits per heavy atom. The summed E-state index contributed by atoms with van der Waals surface area (Å²) >= 11 is 0. The van der Waals surface area contributed by atoms with E-state index in [4.69, 9.17) is 5.73 Å². The molecule has 0 bridgehead atoms. The molecule has 1 fully saturated rings. The molecule has 1 amide bonds. The second-order valence-electron chi connectivity index (χ2n) is 6.65.